The number of rotatable bonds is 5. The second-order valence-corrected chi connectivity index (χ2v) is 13.7. The topological polar surface area (TPSA) is 29.5 Å². The zero-order chi connectivity index (χ0) is 34.9. The van der Waals surface area contributed by atoms with Gasteiger partial charge in [0.1, 0.15) is 16.7 Å². The van der Waals surface area contributed by atoms with Gasteiger partial charge in [0.05, 0.1) is 11.4 Å². The summed E-state index contributed by atoms with van der Waals surface area (Å²) in [5, 5.41) is 9.12. The van der Waals surface area contributed by atoms with Crippen molar-refractivity contribution in [1.29, 1.82) is 0 Å². The monoisotopic (exact) mass is 677 g/mol. The zero-order valence-electron chi connectivity index (χ0n) is 28.7. The van der Waals surface area contributed by atoms with Crippen molar-refractivity contribution in [3.8, 4) is 22.3 Å². The van der Waals surface area contributed by atoms with E-state index >= 15 is 0 Å². The highest BCUT2D eigenvalue weighted by molar-refractivity contribution is 6.20. The maximum absolute atomic E-state index is 6.72. The van der Waals surface area contributed by atoms with Gasteiger partial charge in [0.2, 0.25) is 0 Å². The fourth-order valence-electron chi connectivity index (χ4n) is 8.18. The summed E-state index contributed by atoms with van der Waals surface area (Å²) in [5.41, 5.74) is 11.1. The Morgan fingerprint density at radius 3 is 1.92 bits per heavy atom. The van der Waals surface area contributed by atoms with E-state index in [1.54, 1.807) is 0 Å². The van der Waals surface area contributed by atoms with Crippen molar-refractivity contribution in [1.82, 2.24) is 0 Å². The molecule has 0 aliphatic carbocycles. The maximum atomic E-state index is 6.72. The number of anilines is 3. The van der Waals surface area contributed by atoms with Crippen LogP contribution in [-0.4, -0.2) is 0 Å². The molecule has 0 N–H and O–H groups in total. The van der Waals surface area contributed by atoms with Crippen molar-refractivity contribution in [3.05, 3.63) is 188 Å². The third kappa shape index (κ3) is 4.68. The van der Waals surface area contributed by atoms with Crippen molar-refractivity contribution in [2.75, 3.05) is 4.90 Å². The lowest BCUT2D eigenvalue weighted by atomic mass is 9.95. The molecule has 0 radical (unpaired) electrons. The van der Waals surface area contributed by atoms with Crippen molar-refractivity contribution < 1.29 is 8.83 Å². The fourth-order valence-corrected chi connectivity index (χ4v) is 8.18. The van der Waals surface area contributed by atoms with Crippen molar-refractivity contribution >= 4 is 82.5 Å². The van der Waals surface area contributed by atoms with E-state index in [-0.39, 0.29) is 0 Å². The Morgan fingerprint density at radius 1 is 0.340 bits per heavy atom. The molecule has 3 heteroatoms. The first kappa shape index (κ1) is 29.6. The molecule has 0 unspecified atom stereocenters. The van der Waals surface area contributed by atoms with E-state index in [0.717, 1.165) is 88.4 Å². The molecular weight excluding hydrogens is 647 g/mol. The second-order valence-electron chi connectivity index (χ2n) is 13.7. The van der Waals surface area contributed by atoms with Crippen LogP contribution in [0.3, 0.4) is 0 Å². The van der Waals surface area contributed by atoms with Gasteiger partial charge >= 0.3 is 0 Å². The Kier molecular flexibility index (Phi) is 6.55. The molecule has 11 aromatic rings. The Morgan fingerprint density at radius 2 is 0.981 bits per heavy atom. The first-order valence-electron chi connectivity index (χ1n) is 18.0. The highest BCUT2D eigenvalue weighted by Crippen LogP contribution is 2.48. The summed E-state index contributed by atoms with van der Waals surface area (Å²) < 4.78 is 13.4. The van der Waals surface area contributed by atoms with Gasteiger partial charge in [-0.2, -0.15) is 0 Å². The predicted octanol–water partition coefficient (Wildman–Crippen LogP) is 14.6. The maximum Gasteiger partial charge on any atom is 0.159 e. The minimum atomic E-state index is 0.845. The molecule has 11 rings (SSSR count). The molecule has 53 heavy (non-hydrogen) atoms. The van der Waals surface area contributed by atoms with E-state index in [9.17, 15) is 0 Å². The standard InChI is InChI=1S/C50H31NO2/c1-2-14-34-30-36(27-26-32(34)12-1)35-15-9-16-37(31-35)51(45-23-10-21-42-40-19-6-8-24-46(40)52-50(42)45)44-22-7-5-18-39(44)41-20-11-25-47-48(41)43-29-28-33-13-3-4-17-38(33)49(43)53-47/h1-31H. The van der Waals surface area contributed by atoms with E-state index in [0.29, 0.717) is 0 Å². The molecule has 0 spiro atoms. The van der Waals surface area contributed by atoms with E-state index in [1.165, 1.54) is 16.3 Å². The van der Waals surface area contributed by atoms with Gasteiger partial charge in [-0.3, -0.25) is 0 Å². The van der Waals surface area contributed by atoms with Crippen LogP contribution in [0.25, 0.3) is 87.7 Å². The molecule has 0 aliphatic rings. The summed E-state index contributed by atoms with van der Waals surface area (Å²) in [7, 11) is 0. The van der Waals surface area contributed by atoms with Crippen LogP contribution in [0.1, 0.15) is 0 Å². The third-order valence-electron chi connectivity index (χ3n) is 10.6. The predicted molar refractivity (Wildman–Crippen MR) is 222 cm³/mol. The number of fused-ring (bicyclic) bond motifs is 9. The third-order valence-corrected chi connectivity index (χ3v) is 10.6. The lowest BCUT2D eigenvalue weighted by molar-refractivity contribution is 0.669. The second kappa shape index (κ2) is 11.7. The first-order valence-corrected chi connectivity index (χ1v) is 18.0. The molecule has 9 aromatic carbocycles. The van der Waals surface area contributed by atoms with Crippen molar-refractivity contribution in [2.45, 2.75) is 0 Å². The van der Waals surface area contributed by atoms with Crippen LogP contribution in [0, 0.1) is 0 Å². The number of para-hydroxylation sites is 3. The molecule has 0 bridgehead atoms. The number of benzene rings is 9. The molecule has 0 atom stereocenters. The van der Waals surface area contributed by atoms with Crippen LogP contribution < -0.4 is 4.90 Å². The number of hydrogen-bond donors (Lipinski definition) is 0. The minimum absolute atomic E-state index is 0.845. The van der Waals surface area contributed by atoms with Crippen LogP contribution >= 0.6 is 0 Å². The van der Waals surface area contributed by atoms with Gasteiger partial charge in [0.15, 0.2) is 5.58 Å². The van der Waals surface area contributed by atoms with Crippen molar-refractivity contribution in [3.63, 3.8) is 0 Å². The quantitative estimate of drug-likeness (QED) is 0.182. The summed E-state index contributed by atoms with van der Waals surface area (Å²) >= 11 is 0. The van der Waals surface area contributed by atoms with E-state index in [2.05, 4.69) is 181 Å². The highest BCUT2D eigenvalue weighted by atomic mass is 16.3. The van der Waals surface area contributed by atoms with Crippen molar-refractivity contribution in [2.24, 2.45) is 0 Å². The SMILES string of the molecule is c1cc(-c2ccc3ccccc3c2)cc(N(c2ccccc2-c2cccc3oc4c5ccccc5ccc4c23)c2cccc3c2oc2ccccc23)c1. The average molecular weight is 678 g/mol. The lowest BCUT2D eigenvalue weighted by Gasteiger charge is -2.28. The molecule has 0 saturated carbocycles. The van der Waals surface area contributed by atoms with Crippen LogP contribution in [0.5, 0.6) is 0 Å². The summed E-state index contributed by atoms with van der Waals surface area (Å²) in [6, 6.07) is 66.8. The normalized spacial score (nSPS) is 11.8. The molecule has 3 nitrogen and oxygen atoms in total. The Bertz CT molecular complexity index is 3200. The van der Waals surface area contributed by atoms with Gasteiger partial charge in [-0.1, -0.05) is 140 Å². The Balaban J connectivity index is 1.18. The molecule has 2 aromatic heterocycles. The number of furan rings is 2. The summed E-state index contributed by atoms with van der Waals surface area (Å²) in [4.78, 5) is 2.36. The molecule has 0 aliphatic heterocycles. The van der Waals surface area contributed by atoms with Gasteiger partial charge in [-0.15, -0.1) is 0 Å². The van der Waals surface area contributed by atoms with Crippen LogP contribution in [-0.2, 0) is 0 Å². The van der Waals surface area contributed by atoms with Crippen LogP contribution in [0.4, 0.5) is 17.1 Å². The minimum Gasteiger partial charge on any atom is -0.455 e. The van der Waals surface area contributed by atoms with Gasteiger partial charge < -0.3 is 13.7 Å². The molecule has 2 heterocycles. The average Bonchev–Trinajstić information content (AvgIpc) is 3.81. The largest absolute Gasteiger partial charge is 0.455 e. The molecule has 0 fully saturated rings. The highest BCUT2D eigenvalue weighted by Gasteiger charge is 2.24. The molecular formula is C50H31NO2. The van der Waals surface area contributed by atoms with Gasteiger partial charge in [-0.25, -0.2) is 0 Å². The first-order chi connectivity index (χ1) is 26.3. The van der Waals surface area contributed by atoms with E-state index < -0.39 is 0 Å². The Labute approximate surface area is 305 Å². The van der Waals surface area contributed by atoms with Gasteiger partial charge in [-0.05, 0) is 81.4 Å². The smallest absolute Gasteiger partial charge is 0.159 e. The summed E-state index contributed by atoms with van der Waals surface area (Å²) in [6.45, 7) is 0. The van der Waals surface area contributed by atoms with E-state index in [1.807, 2.05) is 12.1 Å². The van der Waals surface area contributed by atoms with Crippen LogP contribution in [0.15, 0.2) is 197 Å². The van der Waals surface area contributed by atoms with E-state index in [4.69, 9.17) is 8.83 Å². The number of nitrogens with zero attached hydrogens (tertiary/aromatic N) is 1. The van der Waals surface area contributed by atoms with Gasteiger partial charge in [0, 0.05) is 38.2 Å². The lowest BCUT2D eigenvalue weighted by Crippen LogP contribution is -2.11. The fraction of sp³-hybridized carbons (Fsp3) is 0. The molecule has 0 amide bonds. The molecule has 0 saturated heterocycles. The summed E-state index contributed by atoms with van der Waals surface area (Å²) in [6.07, 6.45) is 0. The molecule has 248 valence electrons. The summed E-state index contributed by atoms with van der Waals surface area (Å²) in [5.74, 6) is 0. The van der Waals surface area contributed by atoms with Gasteiger partial charge in [0.25, 0.3) is 0 Å². The Hall–Kier alpha value is -7.10. The van der Waals surface area contributed by atoms with Crippen LogP contribution in [0.2, 0.25) is 0 Å². The number of hydrogen-bond acceptors (Lipinski definition) is 3. The zero-order valence-corrected chi connectivity index (χ0v) is 28.7.